The van der Waals surface area contributed by atoms with E-state index in [1.165, 1.54) is 26.2 Å². The molecule has 8 nitrogen and oxygen atoms in total. The SMILES string of the molecule is CCc1cc(F)c2ccc(C)cc2c1CNC(=O)c1c(OC)cc(O)c2c1OC1=CC(=O)C(C(C)=O)C(=O)[C@]12C. The predicted octanol–water partition coefficient (Wildman–Crippen LogP) is 4.38. The van der Waals surface area contributed by atoms with Gasteiger partial charge < -0.3 is 19.9 Å². The maximum absolute atomic E-state index is 14.8. The van der Waals surface area contributed by atoms with Crippen molar-refractivity contribution in [1.29, 1.82) is 0 Å². The number of methoxy groups -OCH3 is 1. The highest BCUT2D eigenvalue weighted by atomic mass is 19.1. The number of ketones is 3. The lowest BCUT2D eigenvalue weighted by atomic mass is 9.67. The van der Waals surface area contributed by atoms with E-state index in [9.17, 15) is 28.7 Å². The summed E-state index contributed by atoms with van der Waals surface area (Å²) in [6.07, 6.45) is 1.61. The third-order valence-corrected chi connectivity index (χ3v) is 7.85. The van der Waals surface area contributed by atoms with Crippen molar-refractivity contribution >= 4 is 34.0 Å². The summed E-state index contributed by atoms with van der Waals surface area (Å²) in [5.41, 5.74) is 0.646. The molecule has 40 heavy (non-hydrogen) atoms. The van der Waals surface area contributed by atoms with Gasteiger partial charge in [-0.2, -0.15) is 0 Å². The average Bonchev–Trinajstić information content (AvgIpc) is 3.20. The highest BCUT2D eigenvalue weighted by Crippen LogP contribution is 2.56. The fourth-order valence-corrected chi connectivity index (χ4v) is 5.74. The Kier molecular flexibility index (Phi) is 6.48. The Morgan fingerprint density at radius 3 is 2.55 bits per heavy atom. The number of carbonyl (C=O) groups is 4. The van der Waals surface area contributed by atoms with Crippen molar-refractivity contribution in [3.63, 3.8) is 0 Å². The second kappa shape index (κ2) is 9.59. The second-order valence-corrected chi connectivity index (χ2v) is 10.3. The van der Waals surface area contributed by atoms with Crippen LogP contribution >= 0.6 is 0 Å². The molecule has 0 bridgehead atoms. The lowest BCUT2D eigenvalue weighted by molar-refractivity contribution is -0.140. The van der Waals surface area contributed by atoms with E-state index >= 15 is 0 Å². The van der Waals surface area contributed by atoms with Gasteiger partial charge >= 0.3 is 0 Å². The van der Waals surface area contributed by atoms with Crippen molar-refractivity contribution in [2.75, 3.05) is 7.11 Å². The molecule has 0 fully saturated rings. The molecular formula is C31H28FNO7. The van der Waals surface area contributed by atoms with Gasteiger partial charge in [0.2, 0.25) is 0 Å². The zero-order valence-corrected chi connectivity index (χ0v) is 22.7. The first-order valence-corrected chi connectivity index (χ1v) is 12.9. The number of benzene rings is 3. The molecule has 1 unspecified atom stereocenters. The first-order valence-electron chi connectivity index (χ1n) is 12.9. The van der Waals surface area contributed by atoms with Crippen molar-refractivity contribution in [3.05, 3.63) is 75.8 Å². The number of hydrogen-bond acceptors (Lipinski definition) is 7. The molecule has 0 radical (unpaired) electrons. The van der Waals surface area contributed by atoms with Gasteiger partial charge in [0.15, 0.2) is 17.3 Å². The molecular weight excluding hydrogens is 517 g/mol. The maximum Gasteiger partial charge on any atom is 0.259 e. The minimum absolute atomic E-state index is 0.0194. The van der Waals surface area contributed by atoms with Crippen LogP contribution in [0.3, 0.4) is 0 Å². The number of carbonyl (C=O) groups excluding carboxylic acids is 4. The number of phenolic OH excluding ortho intramolecular Hbond substituents is 1. The summed E-state index contributed by atoms with van der Waals surface area (Å²) in [4.78, 5) is 51.9. The largest absolute Gasteiger partial charge is 0.507 e. The van der Waals surface area contributed by atoms with Crippen LogP contribution in [0.2, 0.25) is 0 Å². The zero-order valence-electron chi connectivity index (χ0n) is 22.7. The van der Waals surface area contributed by atoms with Gasteiger partial charge in [-0.1, -0.05) is 30.7 Å². The number of amides is 1. The van der Waals surface area contributed by atoms with Gasteiger partial charge in [0, 0.05) is 24.1 Å². The summed E-state index contributed by atoms with van der Waals surface area (Å²) in [7, 11) is 1.31. The summed E-state index contributed by atoms with van der Waals surface area (Å²) in [6, 6.07) is 8.06. The van der Waals surface area contributed by atoms with Crippen LogP contribution in [0.5, 0.6) is 17.2 Å². The standard InChI is InChI=1S/C31H28FNO7/c1-6-16-10-20(32)17-8-7-14(2)9-18(17)19(16)13-33-30(38)26-23(39-5)11-22(36)27-28(26)40-24-12-21(35)25(15(3)34)29(37)31(24,27)4/h7-12,25,36H,6,13H2,1-5H3,(H,33,38)/t25?,31-/m1/s1. The third kappa shape index (κ3) is 3.87. The monoisotopic (exact) mass is 545 g/mol. The van der Waals surface area contributed by atoms with Crippen molar-refractivity contribution in [1.82, 2.24) is 5.32 Å². The van der Waals surface area contributed by atoms with Crippen molar-refractivity contribution in [2.24, 2.45) is 5.92 Å². The van der Waals surface area contributed by atoms with Gasteiger partial charge in [0.25, 0.3) is 5.91 Å². The van der Waals surface area contributed by atoms with E-state index in [0.29, 0.717) is 17.2 Å². The average molecular weight is 546 g/mol. The predicted molar refractivity (Wildman–Crippen MR) is 144 cm³/mol. The minimum atomic E-state index is -1.66. The van der Waals surface area contributed by atoms with E-state index in [-0.39, 0.29) is 46.5 Å². The van der Waals surface area contributed by atoms with Gasteiger partial charge in [-0.05, 0) is 49.8 Å². The number of fused-ring (bicyclic) bond motifs is 4. The van der Waals surface area contributed by atoms with Crippen LogP contribution in [0.15, 0.2) is 42.2 Å². The molecule has 206 valence electrons. The molecule has 3 aromatic carbocycles. The van der Waals surface area contributed by atoms with Crippen molar-refractivity contribution in [2.45, 2.75) is 46.1 Å². The second-order valence-electron chi connectivity index (χ2n) is 10.3. The Morgan fingerprint density at radius 2 is 1.90 bits per heavy atom. The topological polar surface area (TPSA) is 119 Å². The van der Waals surface area contributed by atoms with Gasteiger partial charge in [0.1, 0.15) is 45.8 Å². The lowest BCUT2D eigenvalue weighted by Gasteiger charge is -2.30. The van der Waals surface area contributed by atoms with Crippen LogP contribution in [0.25, 0.3) is 10.8 Å². The van der Waals surface area contributed by atoms with Crippen LogP contribution in [0.1, 0.15) is 53.4 Å². The van der Waals surface area contributed by atoms with Crippen LogP contribution in [-0.4, -0.2) is 35.5 Å². The number of rotatable bonds is 6. The molecule has 1 aliphatic heterocycles. The van der Waals surface area contributed by atoms with Gasteiger partial charge in [0.05, 0.1) is 12.7 Å². The number of phenols is 1. The van der Waals surface area contributed by atoms with Crippen molar-refractivity contribution in [3.8, 4) is 17.2 Å². The molecule has 0 saturated carbocycles. The lowest BCUT2D eigenvalue weighted by Crippen LogP contribution is -2.47. The van der Waals surface area contributed by atoms with Crippen LogP contribution in [0, 0.1) is 18.7 Å². The molecule has 3 aromatic rings. The number of aromatic hydroxyl groups is 1. The first kappa shape index (κ1) is 27.1. The Morgan fingerprint density at radius 1 is 1.18 bits per heavy atom. The molecule has 1 aliphatic carbocycles. The highest BCUT2D eigenvalue weighted by molar-refractivity contribution is 6.27. The molecule has 2 N–H and O–H groups in total. The summed E-state index contributed by atoms with van der Waals surface area (Å²) in [5, 5.41) is 14.9. The van der Waals surface area contributed by atoms with E-state index < -0.39 is 34.6 Å². The van der Waals surface area contributed by atoms with Gasteiger partial charge in [-0.3, -0.25) is 19.2 Å². The minimum Gasteiger partial charge on any atom is -0.507 e. The Labute approximate surface area is 229 Å². The van der Waals surface area contributed by atoms with Crippen LogP contribution < -0.4 is 14.8 Å². The molecule has 5 rings (SSSR count). The molecule has 1 heterocycles. The van der Waals surface area contributed by atoms with Gasteiger partial charge in [-0.15, -0.1) is 0 Å². The first-order chi connectivity index (χ1) is 18.9. The molecule has 0 aromatic heterocycles. The number of halogens is 1. The fraction of sp³-hybridized carbons (Fsp3) is 0.290. The quantitative estimate of drug-likeness (QED) is 0.441. The van der Waals surface area contributed by atoms with Crippen LogP contribution in [-0.2, 0) is 32.8 Å². The number of nitrogens with one attached hydrogen (secondary N) is 1. The van der Waals surface area contributed by atoms with E-state index in [1.807, 2.05) is 26.0 Å². The number of aryl methyl sites for hydroxylation is 2. The fourth-order valence-electron chi connectivity index (χ4n) is 5.74. The maximum atomic E-state index is 14.8. The summed E-state index contributed by atoms with van der Waals surface area (Å²) in [6.45, 7) is 6.44. The molecule has 1 amide bonds. The number of Topliss-reactive ketones (excluding diaryl/α,β-unsaturated/α-hetero) is 2. The van der Waals surface area contributed by atoms with Crippen LogP contribution in [0.4, 0.5) is 4.39 Å². The Bertz CT molecular complexity index is 1690. The Balaban J connectivity index is 1.60. The van der Waals surface area contributed by atoms with Gasteiger partial charge in [-0.25, -0.2) is 4.39 Å². The molecule has 0 spiro atoms. The third-order valence-electron chi connectivity index (χ3n) is 7.85. The summed E-state index contributed by atoms with van der Waals surface area (Å²) < 4.78 is 26.1. The number of ether oxygens (including phenoxy) is 2. The zero-order chi connectivity index (χ0) is 29.1. The summed E-state index contributed by atoms with van der Waals surface area (Å²) in [5.74, 6) is -5.23. The molecule has 0 saturated heterocycles. The van der Waals surface area contributed by atoms with E-state index in [0.717, 1.165) is 29.7 Å². The van der Waals surface area contributed by atoms with E-state index in [4.69, 9.17) is 9.47 Å². The molecule has 2 atom stereocenters. The smallest absolute Gasteiger partial charge is 0.259 e. The van der Waals surface area contributed by atoms with E-state index in [2.05, 4.69) is 5.32 Å². The Hall–Kier alpha value is -4.53. The number of hydrogen-bond donors (Lipinski definition) is 2. The van der Waals surface area contributed by atoms with Crippen molar-refractivity contribution < 1.29 is 38.1 Å². The highest BCUT2D eigenvalue weighted by Gasteiger charge is 2.58. The normalized spacial score (nSPS) is 19.6. The molecule has 2 aliphatic rings. The number of allylic oxidation sites excluding steroid dienone is 2. The summed E-state index contributed by atoms with van der Waals surface area (Å²) >= 11 is 0. The molecule has 9 heteroatoms. The van der Waals surface area contributed by atoms with E-state index in [1.54, 1.807) is 6.07 Å².